The minimum Gasteiger partial charge on any atom is -0.362 e. The number of rotatable bonds is 5. The highest BCUT2D eigenvalue weighted by Crippen LogP contribution is 2.25. The Kier molecular flexibility index (Phi) is 7.02. The molecule has 1 N–H and O–H groups in total. The Morgan fingerprint density at radius 2 is 1.84 bits per heavy atom. The maximum atomic E-state index is 13.1. The zero-order valence-electron chi connectivity index (χ0n) is 17.7. The minimum absolute atomic E-state index is 0.0171. The first-order chi connectivity index (χ1) is 15.5. The molecule has 166 valence electrons. The predicted molar refractivity (Wildman–Crippen MR) is 126 cm³/mol. The molecule has 1 saturated heterocycles. The third-order valence-corrected chi connectivity index (χ3v) is 6.44. The van der Waals surface area contributed by atoms with E-state index in [-0.39, 0.29) is 17.9 Å². The van der Waals surface area contributed by atoms with E-state index in [1.807, 2.05) is 40.8 Å². The van der Waals surface area contributed by atoms with Gasteiger partial charge in [-0.1, -0.05) is 17.7 Å². The molecule has 0 bridgehead atoms. The topological polar surface area (TPSA) is 78.4 Å². The van der Waals surface area contributed by atoms with E-state index in [0.29, 0.717) is 48.1 Å². The number of aromatic nitrogens is 2. The first kappa shape index (κ1) is 22.2. The molecular weight excluding hydrogens is 446 g/mol. The number of anilines is 1. The van der Waals surface area contributed by atoms with Gasteiger partial charge in [-0.3, -0.25) is 14.6 Å². The van der Waals surface area contributed by atoms with E-state index >= 15 is 0 Å². The molecule has 0 radical (unpaired) electrons. The number of nitrogens with one attached hydrogen (secondary N) is 1. The van der Waals surface area contributed by atoms with Gasteiger partial charge in [0.25, 0.3) is 11.8 Å². The summed E-state index contributed by atoms with van der Waals surface area (Å²) < 4.78 is 0. The molecule has 0 aliphatic carbocycles. The second kappa shape index (κ2) is 10.1. The van der Waals surface area contributed by atoms with Crippen LogP contribution in [0.15, 0.2) is 53.6 Å². The molecule has 9 heteroatoms. The third-order valence-electron chi connectivity index (χ3n) is 5.46. The van der Waals surface area contributed by atoms with Gasteiger partial charge in [-0.15, -0.1) is 0 Å². The monoisotopic (exact) mass is 469 g/mol. The molecular formula is C23H24ClN5O2S. The van der Waals surface area contributed by atoms with Crippen LogP contribution in [0.1, 0.15) is 45.7 Å². The molecule has 32 heavy (non-hydrogen) atoms. The number of halogens is 1. The number of pyridine rings is 2. The van der Waals surface area contributed by atoms with E-state index in [0.717, 1.165) is 12.0 Å². The van der Waals surface area contributed by atoms with E-state index in [1.165, 1.54) is 11.3 Å². The Hall–Kier alpha value is -2.97. The molecule has 0 spiro atoms. The predicted octanol–water partition coefficient (Wildman–Crippen LogP) is 4.35. The maximum absolute atomic E-state index is 13.1. The lowest BCUT2D eigenvalue weighted by Gasteiger charge is -2.22. The summed E-state index contributed by atoms with van der Waals surface area (Å²) >= 11 is 7.94. The van der Waals surface area contributed by atoms with Gasteiger partial charge < -0.3 is 15.1 Å². The van der Waals surface area contributed by atoms with Crippen molar-refractivity contribution in [2.24, 2.45) is 0 Å². The van der Waals surface area contributed by atoms with Gasteiger partial charge >= 0.3 is 0 Å². The largest absolute Gasteiger partial charge is 0.362 e. The SMILES string of the molecule is CC(Nc1ncc(C(=O)N2CCCN(C(=O)c3ccsc3)CC2)cc1Cl)c1cccnc1. The molecule has 2 amide bonds. The summed E-state index contributed by atoms with van der Waals surface area (Å²) in [6, 6.07) is 7.30. The highest BCUT2D eigenvalue weighted by atomic mass is 35.5. The summed E-state index contributed by atoms with van der Waals surface area (Å²) in [5.41, 5.74) is 2.15. The lowest BCUT2D eigenvalue weighted by atomic mass is 10.1. The summed E-state index contributed by atoms with van der Waals surface area (Å²) in [7, 11) is 0. The summed E-state index contributed by atoms with van der Waals surface area (Å²) in [6.07, 6.45) is 5.79. The van der Waals surface area contributed by atoms with Crippen molar-refractivity contribution < 1.29 is 9.59 Å². The van der Waals surface area contributed by atoms with Crippen molar-refractivity contribution >= 4 is 40.6 Å². The van der Waals surface area contributed by atoms with Crippen LogP contribution in [0.5, 0.6) is 0 Å². The number of carbonyl (C=O) groups excluding carboxylic acids is 2. The molecule has 0 saturated carbocycles. The highest BCUT2D eigenvalue weighted by molar-refractivity contribution is 7.08. The molecule has 1 fully saturated rings. The molecule has 7 nitrogen and oxygen atoms in total. The van der Waals surface area contributed by atoms with Crippen molar-refractivity contribution in [3.8, 4) is 0 Å². The maximum Gasteiger partial charge on any atom is 0.255 e. The highest BCUT2D eigenvalue weighted by Gasteiger charge is 2.24. The number of amides is 2. The van der Waals surface area contributed by atoms with Crippen LogP contribution >= 0.6 is 22.9 Å². The van der Waals surface area contributed by atoms with Gasteiger partial charge in [0.1, 0.15) is 5.82 Å². The van der Waals surface area contributed by atoms with Crippen LogP contribution in [0.25, 0.3) is 0 Å². The number of thiophene rings is 1. The summed E-state index contributed by atoms with van der Waals surface area (Å²) in [5, 5.41) is 7.40. The second-order valence-electron chi connectivity index (χ2n) is 7.66. The fourth-order valence-corrected chi connectivity index (χ4v) is 4.51. The molecule has 1 unspecified atom stereocenters. The zero-order chi connectivity index (χ0) is 22.5. The van der Waals surface area contributed by atoms with E-state index in [9.17, 15) is 9.59 Å². The smallest absolute Gasteiger partial charge is 0.255 e. The molecule has 3 aromatic heterocycles. The zero-order valence-corrected chi connectivity index (χ0v) is 19.3. The number of hydrogen-bond donors (Lipinski definition) is 1. The van der Waals surface area contributed by atoms with Crippen LogP contribution < -0.4 is 5.32 Å². The molecule has 1 aliphatic heterocycles. The molecule has 4 rings (SSSR count). The fraction of sp³-hybridized carbons (Fsp3) is 0.304. The lowest BCUT2D eigenvalue weighted by molar-refractivity contribution is 0.0719. The molecule has 4 heterocycles. The van der Waals surface area contributed by atoms with Crippen molar-refractivity contribution in [3.63, 3.8) is 0 Å². The second-order valence-corrected chi connectivity index (χ2v) is 8.84. The first-order valence-electron chi connectivity index (χ1n) is 10.5. The van der Waals surface area contributed by atoms with Gasteiger partial charge in [0.15, 0.2) is 0 Å². The van der Waals surface area contributed by atoms with Crippen molar-refractivity contribution in [1.82, 2.24) is 19.8 Å². The van der Waals surface area contributed by atoms with Crippen molar-refractivity contribution in [1.29, 1.82) is 0 Å². The van der Waals surface area contributed by atoms with Gasteiger partial charge in [-0.2, -0.15) is 11.3 Å². The van der Waals surface area contributed by atoms with Crippen LogP contribution in [-0.2, 0) is 0 Å². The molecule has 0 aromatic carbocycles. The number of carbonyl (C=O) groups is 2. The standard InChI is InChI=1S/C23H24ClN5O2S/c1-16(17-4-2-6-25-13-17)27-21-20(24)12-19(14-26-21)23(31)29-8-3-7-28(9-10-29)22(30)18-5-11-32-15-18/h2,4-6,11-16H,3,7-10H2,1H3,(H,26,27). The van der Waals surface area contributed by atoms with E-state index < -0.39 is 0 Å². The van der Waals surface area contributed by atoms with Gasteiger partial charge in [0.05, 0.1) is 22.2 Å². The number of nitrogens with zero attached hydrogens (tertiary/aromatic N) is 4. The number of hydrogen-bond acceptors (Lipinski definition) is 6. The molecule has 1 atom stereocenters. The van der Waals surface area contributed by atoms with Gasteiger partial charge in [0, 0.05) is 50.1 Å². The Labute approximate surface area is 196 Å². The molecule has 1 aliphatic rings. The average Bonchev–Trinajstić information content (AvgIpc) is 3.24. The van der Waals surface area contributed by atoms with Crippen molar-refractivity contribution in [3.05, 3.63) is 75.3 Å². The Morgan fingerprint density at radius 1 is 1.09 bits per heavy atom. The minimum atomic E-state index is -0.129. The van der Waals surface area contributed by atoms with Crippen molar-refractivity contribution in [2.75, 3.05) is 31.5 Å². The third kappa shape index (κ3) is 5.08. The Bertz CT molecular complexity index is 1080. The lowest BCUT2D eigenvalue weighted by Crippen LogP contribution is -2.37. The van der Waals surface area contributed by atoms with E-state index in [2.05, 4.69) is 15.3 Å². The summed E-state index contributed by atoms with van der Waals surface area (Å²) in [4.78, 5) is 37.8. The molecule has 3 aromatic rings. The summed E-state index contributed by atoms with van der Waals surface area (Å²) in [6.45, 7) is 4.19. The first-order valence-corrected chi connectivity index (χ1v) is 11.8. The van der Waals surface area contributed by atoms with Crippen LogP contribution in [0.3, 0.4) is 0 Å². The van der Waals surface area contributed by atoms with Crippen LogP contribution in [-0.4, -0.2) is 57.8 Å². The van der Waals surface area contributed by atoms with E-state index in [1.54, 1.807) is 29.6 Å². The van der Waals surface area contributed by atoms with Gasteiger partial charge in [-0.25, -0.2) is 4.98 Å². The van der Waals surface area contributed by atoms with E-state index in [4.69, 9.17) is 11.6 Å². The fourth-order valence-electron chi connectivity index (χ4n) is 3.66. The van der Waals surface area contributed by atoms with Gasteiger partial charge in [-0.05, 0) is 42.5 Å². The van der Waals surface area contributed by atoms with Crippen LogP contribution in [0.2, 0.25) is 5.02 Å². The van der Waals surface area contributed by atoms with Crippen molar-refractivity contribution in [2.45, 2.75) is 19.4 Å². The average molecular weight is 470 g/mol. The normalized spacial score (nSPS) is 15.2. The quantitative estimate of drug-likeness (QED) is 0.601. The van der Waals surface area contributed by atoms with Gasteiger partial charge in [0.2, 0.25) is 0 Å². The Morgan fingerprint density at radius 3 is 2.47 bits per heavy atom. The van der Waals surface area contributed by atoms with Crippen LogP contribution in [0, 0.1) is 0 Å². The van der Waals surface area contributed by atoms with Crippen LogP contribution in [0.4, 0.5) is 5.82 Å². The summed E-state index contributed by atoms with van der Waals surface area (Å²) in [5.74, 6) is 0.405. The Balaban J connectivity index is 1.40.